The van der Waals surface area contributed by atoms with Crippen molar-refractivity contribution in [1.82, 2.24) is 0 Å². The number of rotatable bonds is 5. The molecule has 0 aromatic rings. The second-order valence-corrected chi connectivity index (χ2v) is 2.57. The second-order valence-electron chi connectivity index (χ2n) is 2.57. The third-order valence-electron chi connectivity index (χ3n) is 1.73. The summed E-state index contributed by atoms with van der Waals surface area (Å²) in [5.41, 5.74) is 0. The van der Waals surface area contributed by atoms with Crippen LogP contribution in [0.15, 0.2) is 0 Å². The number of carboxylic acids is 1. The molecule has 1 atom stereocenters. The quantitative estimate of drug-likeness (QED) is 0.732. The van der Waals surface area contributed by atoms with Crippen molar-refractivity contribution in [2.45, 2.75) is 39.5 Å². The Morgan fingerprint density at radius 3 is 2.00 bits per heavy atom. The van der Waals surface area contributed by atoms with Gasteiger partial charge in [-0.25, -0.2) is 0 Å². The van der Waals surface area contributed by atoms with Crippen LogP contribution in [0.2, 0.25) is 0 Å². The van der Waals surface area contributed by atoms with Crippen LogP contribution >= 0.6 is 0 Å². The van der Waals surface area contributed by atoms with Gasteiger partial charge in [-0.3, -0.25) is 0 Å². The van der Waals surface area contributed by atoms with E-state index in [0.717, 1.165) is 19.3 Å². The van der Waals surface area contributed by atoms with E-state index < -0.39 is 5.97 Å². The monoisotopic (exact) mass is 265 g/mol. The Labute approximate surface area is 98.5 Å². The van der Waals surface area contributed by atoms with Crippen molar-refractivity contribution >= 4 is 5.97 Å². The van der Waals surface area contributed by atoms with Gasteiger partial charge in [-0.15, -0.1) is 0 Å². The zero-order valence-corrected chi connectivity index (χ0v) is 10.5. The molecule has 0 saturated carbocycles. The first-order valence-electron chi connectivity index (χ1n) is 3.93. The summed E-state index contributed by atoms with van der Waals surface area (Å²) in [5, 5.41) is 10.3. The van der Waals surface area contributed by atoms with Crippen molar-refractivity contribution in [2.24, 2.45) is 5.92 Å². The first-order valence-corrected chi connectivity index (χ1v) is 3.93. The normalized spacial score (nSPS) is 10.0. The minimum atomic E-state index is -0.893. The van der Waals surface area contributed by atoms with Crippen molar-refractivity contribution in [3.05, 3.63) is 0 Å². The summed E-state index contributed by atoms with van der Waals surface area (Å²) < 4.78 is 0. The largest absolute Gasteiger partial charge is 4.00 e. The van der Waals surface area contributed by atoms with E-state index >= 15 is 0 Å². The molecule has 0 aromatic carbocycles. The molecule has 0 amide bonds. The van der Waals surface area contributed by atoms with Gasteiger partial charge in [-0.1, -0.05) is 26.7 Å². The van der Waals surface area contributed by atoms with Gasteiger partial charge < -0.3 is 20.9 Å². The third kappa shape index (κ3) is 12.3. The molecule has 0 aromatic heterocycles. The summed E-state index contributed by atoms with van der Waals surface area (Å²) >= 11 is 0. The number of carbonyl (C=O) groups excluding carboxylic acids is 1. The minimum Gasteiger partial charge on any atom is -2.00 e. The van der Waals surface area contributed by atoms with Crippen LogP contribution in [0.3, 0.4) is 0 Å². The summed E-state index contributed by atoms with van der Waals surface area (Å²) in [5.74, 6) is -1.11. The van der Waals surface area contributed by atoms with Gasteiger partial charge in [0.15, 0.2) is 0 Å². The van der Waals surface area contributed by atoms with E-state index in [1.165, 1.54) is 0 Å². The van der Waals surface area contributed by atoms with E-state index in [0.29, 0.717) is 6.42 Å². The molecular weight excluding hydrogens is 251 g/mol. The number of carboxylic acid groups (broad SMARTS) is 1. The van der Waals surface area contributed by atoms with Crippen LogP contribution in [0.25, 0.3) is 0 Å². The number of hydrogen-bond acceptors (Lipinski definition) is 2. The fourth-order valence-corrected chi connectivity index (χ4v) is 0.939. The minimum absolute atomic E-state index is 0. The van der Waals surface area contributed by atoms with E-state index in [9.17, 15) is 9.90 Å². The molecule has 0 aliphatic rings. The van der Waals surface area contributed by atoms with E-state index in [4.69, 9.17) is 0 Å². The molecule has 5 heteroatoms. The van der Waals surface area contributed by atoms with Crippen LogP contribution in [0.4, 0.5) is 0 Å². The molecule has 76 valence electrons. The average Bonchev–Trinajstić information content (AvgIpc) is 1.89. The zero-order valence-electron chi connectivity index (χ0n) is 8.04. The fourth-order valence-electron chi connectivity index (χ4n) is 0.939. The van der Waals surface area contributed by atoms with Gasteiger partial charge in [0.1, 0.15) is 0 Å². The first-order chi connectivity index (χ1) is 4.72. The molecule has 0 radical (unpaired) electrons. The summed E-state index contributed by atoms with van der Waals surface area (Å²) in [6, 6.07) is 0. The predicted octanol–water partition coefficient (Wildman–Crippen LogP) is 0.713. The summed E-state index contributed by atoms with van der Waals surface area (Å²) in [7, 11) is 0. The maximum Gasteiger partial charge on any atom is 4.00 e. The molecule has 1 unspecified atom stereocenters. The number of unbranched alkanes of at least 4 members (excludes halogenated alkanes) is 1. The molecule has 13 heavy (non-hydrogen) atoms. The van der Waals surface area contributed by atoms with E-state index in [1.807, 2.05) is 6.92 Å². The molecule has 0 N–H and O–H groups in total. The molecule has 0 heterocycles. The van der Waals surface area contributed by atoms with Gasteiger partial charge in [0.05, 0.1) is 0 Å². The van der Waals surface area contributed by atoms with Crippen LogP contribution in [-0.2, 0) is 42.0 Å². The van der Waals surface area contributed by atoms with Gasteiger partial charge in [-0.05, 0) is 18.8 Å². The number of hydrogen-bond donors (Lipinski definition) is 0. The molecule has 4 nitrogen and oxygen atoms in total. The topological polar surface area (TPSA) is 97.1 Å². The Bertz CT molecular complexity index is 108. The smallest absolute Gasteiger partial charge is 2.00 e. The molecule has 0 bridgehead atoms. The Balaban J connectivity index is -0.000000135. The van der Waals surface area contributed by atoms with Gasteiger partial charge in [0, 0.05) is 5.97 Å². The molecule has 0 fully saturated rings. The summed E-state index contributed by atoms with van der Waals surface area (Å²) in [6.45, 7) is 3.94. The zero-order chi connectivity index (χ0) is 7.98. The Morgan fingerprint density at radius 2 is 1.77 bits per heavy atom. The third-order valence-corrected chi connectivity index (χ3v) is 1.73. The van der Waals surface area contributed by atoms with Crippen molar-refractivity contribution in [2.75, 3.05) is 0 Å². The van der Waals surface area contributed by atoms with Crippen molar-refractivity contribution in [1.29, 1.82) is 0 Å². The Kier molecular flexibility index (Phi) is 26.4. The van der Waals surface area contributed by atoms with Crippen LogP contribution in [0, 0.1) is 5.92 Å². The van der Waals surface area contributed by atoms with Crippen LogP contribution < -0.4 is 5.11 Å². The number of carbonyl (C=O) groups is 1. The van der Waals surface area contributed by atoms with E-state index in [-0.39, 0.29) is 43.1 Å². The maximum absolute atomic E-state index is 10.3. The van der Waals surface area contributed by atoms with Crippen molar-refractivity contribution < 1.29 is 47.1 Å². The van der Waals surface area contributed by atoms with Crippen molar-refractivity contribution in [3.8, 4) is 0 Å². The Hall–Kier alpha value is 0.273. The predicted molar refractivity (Wildman–Crippen MR) is 39.7 cm³/mol. The maximum atomic E-state index is 10.3. The average molecular weight is 266 g/mol. The SMILES string of the molecule is CCCCC(CC)C(=O)[O-].[O-2].[O-2].[Zr+4]. The standard InChI is InChI=1S/C8H16O2.2O.Zr/c1-3-5-6-7(4-2)8(9)10;;;/h7H,3-6H2,1-2H3,(H,9,10);;;/q;2*-2;+4/p-1. The molecule has 0 saturated heterocycles. The molecule has 0 aliphatic carbocycles. The van der Waals surface area contributed by atoms with Gasteiger partial charge in [0.2, 0.25) is 0 Å². The number of aliphatic carboxylic acids is 1. The van der Waals surface area contributed by atoms with Crippen LogP contribution in [0.1, 0.15) is 39.5 Å². The second kappa shape index (κ2) is 14.8. The molecule has 0 aliphatic heterocycles. The fraction of sp³-hybridized carbons (Fsp3) is 0.875. The van der Waals surface area contributed by atoms with Gasteiger partial charge in [-0.2, -0.15) is 0 Å². The Morgan fingerprint density at radius 1 is 1.31 bits per heavy atom. The first kappa shape index (κ1) is 23.3. The van der Waals surface area contributed by atoms with Crippen molar-refractivity contribution in [3.63, 3.8) is 0 Å². The summed E-state index contributed by atoms with van der Waals surface area (Å²) in [4.78, 5) is 10.3. The molecular formula is C8H15O4Zr-. The van der Waals surface area contributed by atoms with Crippen LogP contribution in [-0.4, -0.2) is 5.97 Å². The van der Waals surface area contributed by atoms with Crippen LogP contribution in [0.5, 0.6) is 0 Å². The van der Waals surface area contributed by atoms with E-state index in [2.05, 4.69) is 6.92 Å². The van der Waals surface area contributed by atoms with E-state index in [1.54, 1.807) is 0 Å². The van der Waals surface area contributed by atoms with Gasteiger partial charge >= 0.3 is 26.2 Å². The molecule has 0 rings (SSSR count). The molecule has 0 spiro atoms. The van der Waals surface area contributed by atoms with Gasteiger partial charge in [0.25, 0.3) is 0 Å². The summed E-state index contributed by atoms with van der Waals surface area (Å²) in [6.07, 6.45) is 3.52.